The summed E-state index contributed by atoms with van der Waals surface area (Å²) in [5.74, 6) is 1.92. The predicted molar refractivity (Wildman–Crippen MR) is 124 cm³/mol. The van der Waals surface area contributed by atoms with Crippen LogP contribution in [-0.4, -0.2) is 35.7 Å². The fourth-order valence-electron chi connectivity index (χ4n) is 4.62. The summed E-state index contributed by atoms with van der Waals surface area (Å²) in [6.45, 7) is 5.21. The van der Waals surface area contributed by atoms with Gasteiger partial charge in [0.05, 0.1) is 16.6 Å². The second-order valence-electron chi connectivity index (χ2n) is 8.45. The van der Waals surface area contributed by atoms with Crippen molar-refractivity contribution in [2.45, 2.75) is 32.4 Å². The molecule has 3 aromatic rings. The first kappa shape index (κ1) is 21.0. The largest absolute Gasteiger partial charge is 0.454 e. The monoisotopic (exact) mass is 449 g/mol. The van der Waals surface area contributed by atoms with Crippen LogP contribution in [0.4, 0.5) is 0 Å². The number of hydrogen-bond donors (Lipinski definition) is 1. The van der Waals surface area contributed by atoms with E-state index >= 15 is 0 Å². The van der Waals surface area contributed by atoms with Crippen molar-refractivity contribution in [2.24, 2.45) is 5.92 Å². The van der Waals surface area contributed by atoms with Crippen LogP contribution in [0, 0.1) is 12.8 Å². The number of piperidine rings is 1. The molecule has 5 rings (SSSR count). The Morgan fingerprint density at radius 3 is 2.91 bits per heavy atom. The summed E-state index contributed by atoms with van der Waals surface area (Å²) in [6, 6.07) is 13.7. The lowest BCUT2D eigenvalue weighted by Gasteiger charge is -2.37. The molecule has 2 aromatic heterocycles. The Morgan fingerprint density at radius 1 is 1.25 bits per heavy atom. The Kier molecular flexibility index (Phi) is 6.10. The SMILES string of the molecule is Cc1cc2c(cc1CN1CCC[C@@H]([C@@H](NC(=O)c3cccs3)c3ccccn3)C1)OCO2. The molecule has 1 amide bonds. The molecule has 1 aromatic carbocycles. The average Bonchev–Trinajstić information content (AvgIpc) is 3.50. The van der Waals surface area contributed by atoms with Gasteiger partial charge in [-0.05, 0) is 79.1 Å². The van der Waals surface area contributed by atoms with Gasteiger partial charge in [0.1, 0.15) is 0 Å². The van der Waals surface area contributed by atoms with Gasteiger partial charge in [0.25, 0.3) is 5.91 Å². The molecular formula is C25H27N3O3S. The van der Waals surface area contributed by atoms with Crippen LogP contribution in [0.25, 0.3) is 0 Å². The van der Waals surface area contributed by atoms with Gasteiger partial charge in [-0.15, -0.1) is 11.3 Å². The number of hydrogen-bond acceptors (Lipinski definition) is 6. The maximum Gasteiger partial charge on any atom is 0.261 e. The lowest BCUT2D eigenvalue weighted by Crippen LogP contribution is -2.43. The number of aromatic nitrogens is 1. The van der Waals surface area contributed by atoms with E-state index in [-0.39, 0.29) is 17.9 Å². The van der Waals surface area contributed by atoms with Crippen molar-refractivity contribution >= 4 is 17.2 Å². The molecule has 1 fully saturated rings. The van der Waals surface area contributed by atoms with Gasteiger partial charge in [0, 0.05) is 19.3 Å². The number of aryl methyl sites for hydroxylation is 1. The molecule has 0 saturated carbocycles. The van der Waals surface area contributed by atoms with Crippen molar-refractivity contribution < 1.29 is 14.3 Å². The standard InChI is InChI=1S/C25H27N3O3S/c1-17-12-21-22(31-16-30-21)13-19(17)15-28-10-4-6-18(14-28)24(20-7-2-3-9-26-20)27-25(29)23-8-5-11-32-23/h2-3,5,7-9,11-13,18,24H,4,6,10,14-16H2,1H3,(H,27,29)/t18-,24-/m1/s1. The first-order valence-electron chi connectivity index (χ1n) is 11.0. The number of thiophene rings is 1. The van der Waals surface area contributed by atoms with E-state index in [0.29, 0.717) is 6.79 Å². The molecule has 0 spiro atoms. The third-order valence-corrected chi connectivity index (χ3v) is 7.15. The third kappa shape index (κ3) is 4.49. The summed E-state index contributed by atoms with van der Waals surface area (Å²) < 4.78 is 11.1. The molecule has 0 unspecified atom stereocenters. The molecule has 32 heavy (non-hydrogen) atoms. The fourth-order valence-corrected chi connectivity index (χ4v) is 5.24. The van der Waals surface area contributed by atoms with Gasteiger partial charge >= 0.3 is 0 Å². The van der Waals surface area contributed by atoms with Gasteiger partial charge in [0.15, 0.2) is 11.5 Å². The molecule has 1 N–H and O–H groups in total. The molecule has 0 bridgehead atoms. The Balaban J connectivity index is 1.34. The molecule has 0 radical (unpaired) electrons. The summed E-state index contributed by atoms with van der Waals surface area (Å²) in [6.07, 6.45) is 3.95. The number of ether oxygens (including phenoxy) is 2. The highest BCUT2D eigenvalue weighted by Crippen LogP contribution is 2.36. The highest BCUT2D eigenvalue weighted by Gasteiger charge is 2.31. The van der Waals surface area contributed by atoms with Crippen LogP contribution in [0.15, 0.2) is 54.0 Å². The molecule has 166 valence electrons. The Hall–Kier alpha value is -2.90. The maximum atomic E-state index is 12.9. The summed E-state index contributed by atoms with van der Waals surface area (Å²) in [7, 11) is 0. The van der Waals surface area contributed by atoms with Gasteiger partial charge in [-0.1, -0.05) is 12.1 Å². The molecule has 2 aliphatic rings. The Labute approximate surface area is 192 Å². The van der Waals surface area contributed by atoms with E-state index in [0.717, 1.165) is 54.5 Å². The number of rotatable bonds is 6. The number of carbonyl (C=O) groups is 1. The number of carbonyl (C=O) groups excluding carboxylic acids is 1. The normalized spacial score (nSPS) is 19.0. The zero-order valence-corrected chi connectivity index (χ0v) is 18.9. The highest BCUT2D eigenvalue weighted by atomic mass is 32.1. The quantitative estimate of drug-likeness (QED) is 0.598. The minimum Gasteiger partial charge on any atom is -0.454 e. The van der Waals surface area contributed by atoms with Gasteiger partial charge in [0.2, 0.25) is 6.79 Å². The van der Waals surface area contributed by atoms with E-state index in [2.05, 4.69) is 34.3 Å². The van der Waals surface area contributed by atoms with Crippen LogP contribution < -0.4 is 14.8 Å². The number of pyridine rings is 1. The van der Waals surface area contributed by atoms with Gasteiger partial charge in [-0.3, -0.25) is 14.7 Å². The van der Waals surface area contributed by atoms with Gasteiger partial charge in [-0.25, -0.2) is 0 Å². The Morgan fingerprint density at radius 2 is 2.12 bits per heavy atom. The molecule has 6 nitrogen and oxygen atoms in total. The second-order valence-corrected chi connectivity index (χ2v) is 9.40. The first-order chi connectivity index (χ1) is 15.7. The number of nitrogens with zero attached hydrogens (tertiary/aromatic N) is 2. The molecule has 4 heterocycles. The van der Waals surface area contributed by atoms with E-state index in [1.54, 1.807) is 6.20 Å². The van der Waals surface area contributed by atoms with Crippen molar-refractivity contribution in [1.29, 1.82) is 0 Å². The van der Waals surface area contributed by atoms with E-state index < -0.39 is 0 Å². The van der Waals surface area contributed by atoms with E-state index in [9.17, 15) is 4.79 Å². The van der Waals surface area contributed by atoms with E-state index in [4.69, 9.17) is 9.47 Å². The second kappa shape index (κ2) is 9.30. The summed E-state index contributed by atoms with van der Waals surface area (Å²) in [5, 5.41) is 5.21. The third-order valence-electron chi connectivity index (χ3n) is 6.28. The fraction of sp³-hybridized carbons (Fsp3) is 0.360. The van der Waals surface area contributed by atoms with Crippen molar-refractivity contribution in [1.82, 2.24) is 15.2 Å². The van der Waals surface area contributed by atoms with Crippen LogP contribution in [-0.2, 0) is 6.54 Å². The summed E-state index contributed by atoms with van der Waals surface area (Å²) >= 11 is 1.46. The lowest BCUT2D eigenvalue weighted by atomic mass is 9.88. The zero-order valence-electron chi connectivity index (χ0n) is 18.1. The molecule has 7 heteroatoms. The average molecular weight is 450 g/mol. The Bertz CT molecular complexity index is 1070. The van der Waals surface area contributed by atoms with Crippen molar-refractivity contribution in [2.75, 3.05) is 19.9 Å². The van der Waals surface area contributed by atoms with E-state index in [1.807, 2.05) is 35.7 Å². The van der Waals surface area contributed by atoms with Crippen LogP contribution in [0.1, 0.15) is 45.4 Å². The van der Waals surface area contributed by atoms with Crippen LogP contribution >= 0.6 is 11.3 Å². The van der Waals surface area contributed by atoms with Crippen LogP contribution in [0.3, 0.4) is 0 Å². The molecule has 2 aliphatic heterocycles. The molecule has 2 atom stereocenters. The van der Waals surface area contributed by atoms with Gasteiger partial charge < -0.3 is 14.8 Å². The number of amides is 1. The van der Waals surface area contributed by atoms with Gasteiger partial charge in [-0.2, -0.15) is 0 Å². The molecule has 1 saturated heterocycles. The predicted octanol–water partition coefficient (Wildman–Crippen LogP) is 4.56. The van der Waals surface area contributed by atoms with Crippen molar-refractivity contribution in [3.8, 4) is 11.5 Å². The first-order valence-corrected chi connectivity index (χ1v) is 11.9. The lowest BCUT2D eigenvalue weighted by molar-refractivity contribution is 0.0879. The number of fused-ring (bicyclic) bond motifs is 1. The van der Waals surface area contributed by atoms with E-state index in [1.165, 1.54) is 22.5 Å². The topological polar surface area (TPSA) is 63.7 Å². The van der Waals surface area contributed by atoms with Crippen molar-refractivity contribution in [3.63, 3.8) is 0 Å². The zero-order chi connectivity index (χ0) is 21.9. The minimum atomic E-state index is -0.119. The van der Waals surface area contributed by atoms with Crippen molar-refractivity contribution in [3.05, 3.63) is 75.7 Å². The smallest absolute Gasteiger partial charge is 0.261 e. The van der Waals surface area contributed by atoms with Crippen LogP contribution in [0.5, 0.6) is 11.5 Å². The highest BCUT2D eigenvalue weighted by molar-refractivity contribution is 7.12. The maximum absolute atomic E-state index is 12.9. The summed E-state index contributed by atoms with van der Waals surface area (Å²) in [4.78, 5) is 20.7. The summed E-state index contributed by atoms with van der Waals surface area (Å²) in [5.41, 5.74) is 3.39. The number of likely N-dealkylation sites (tertiary alicyclic amines) is 1. The van der Waals surface area contributed by atoms with Crippen LogP contribution in [0.2, 0.25) is 0 Å². The number of nitrogens with one attached hydrogen (secondary N) is 1. The molecular weight excluding hydrogens is 422 g/mol. The minimum absolute atomic E-state index is 0.0283. The molecule has 0 aliphatic carbocycles. The number of benzene rings is 1.